The Labute approximate surface area is 85.0 Å². The number of carbonyl (C=O) groups is 1. The number of carbonyl (C=O) groups excluding carboxylic acids is 1. The van der Waals surface area contributed by atoms with Crippen LogP contribution in [0.4, 0.5) is 0 Å². The lowest BCUT2D eigenvalue weighted by Gasteiger charge is -2.26. The summed E-state index contributed by atoms with van der Waals surface area (Å²) in [6.07, 6.45) is 2.16. The molecule has 14 heavy (non-hydrogen) atoms. The number of nitrogens with one attached hydrogen (secondary N) is 1. The molecule has 0 bridgehead atoms. The maximum atomic E-state index is 12.0. The second-order valence-electron chi connectivity index (χ2n) is 4.17. The van der Waals surface area contributed by atoms with Gasteiger partial charge in [-0.2, -0.15) is 0 Å². The lowest BCUT2D eigenvalue weighted by Crippen LogP contribution is -2.53. The standard InChI is InChI=1S/C10H18N3O/c1-13-6-2-3-9(13)10(14)8-7-11-4-5-12-8/h8-9,11H,2-7H2,1H3. The maximum absolute atomic E-state index is 12.0. The molecule has 0 amide bonds. The van der Waals surface area contributed by atoms with E-state index in [0.717, 1.165) is 39.0 Å². The Bertz CT molecular complexity index is 213. The smallest absolute Gasteiger partial charge is 0.169 e. The van der Waals surface area contributed by atoms with Gasteiger partial charge in [-0.1, -0.05) is 0 Å². The van der Waals surface area contributed by atoms with Crippen molar-refractivity contribution < 1.29 is 4.79 Å². The van der Waals surface area contributed by atoms with E-state index in [9.17, 15) is 4.79 Å². The highest BCUT2D eigenvalue weighted by Gasteiger charge is 2.33. The molecular formula is C10H18N3O. The molecule has 2 rings (SSSR count). The second-order valence-corrected chi connectivity index (χ2v) is 4.17. The van der Waals surface area contributed by atoms with E-state index in [-0.39, 0.29) is 12.1 Å². The first-order chi connectivity index (χ1) is 6.79. The van der Waals surface area contributed by atoms with Crippen LogP contribution in [0.2, 0.25) is 0 Å². The highest BCUT2D eigenvalue weighted by molar-refractivity contribution is 5.89. The SMILES string of the molecule is CN1CCCC1C(=O)C1CNCC[N]1. The van der Waals surface area contributed by atoms with Crippen molar-refractivity contribution in [3.8, 4) is 0 Å². The van der Waals surface area contributed by atoms with Crippen molar-refractivity contribution in [2.24, 2.45) is 0 Å². The monoisotopic (exact) mass is 196 g/mol. The predicted molar refractivity (Wildman–Crippen MR) is 54.3 cm³/mol. The summed E-state index contributed by atoms with van der Waals surface area (Å²) in [7, 11) is 2.03. The maximum Gasteiger partial charge on any atom is 0.169 e. The average molecular weight is 196 g/mol. The van der Waals surface area contributed by atoms with Gasteiger partial charge in [0.15, 0.2) is 5.78 Å². The molecule has 0 spiro atoms. The number of hydrogen-bond acceptors (Lipinski definition) is 3. The zero-order valence-electron chi connectivity index (χ0n) is 8.70. The summed E-state index contributed by atoms with van der Waals surface area (Å²) >= 11 is 0. The zero-order chi connectivity index (χ0) is 9.97. The van der Waals surface area contributed by atoms with Gasteiger partial charge in [0.05, 0.1) is 12.1 Å². The first-order valence-electron chi connectivity index (χ1n) is 5.40. The third-order valence-electron chi connectivity index (χ3n) is 3.15. The topological polar surface area (TPSA) is 46.4 Å². The molecular weight excluding hydrogens is 178 g/mol. The highest BCUT2D eigenvalue weighted by Crippen LogP contribution is 2.17. The fraction of sp³-hybridized carbons (Fsp3) is 0.900. The molecule has 2 atom stereocenters. The summed E-state index contributed by atoms with van der Waals surface area (Å²) in [5.41, 5.74) is 0. The summed E-state index contributed by atoms with van der Waals surface area (Å²) in [5, 5.41) is 7.59. The number of ketones is 1. The molecule has 2 aliphatic rings. The summed E-state index contributed by atoms with van der Waals surface area (Å²) in [4.78, 5) is 14.2. The zero-order valence-corrected chi connectivity index (χ0v) is 8.70. The van der Waals surface area contributed by atoms with Crippen LogP contribution >= 0.6 is 0 Å². The van der Waals surface area contributed by atoms with Crippen molar-refractivity contribution in [3.63, 3.8) is 0 Å². The largest absolute Gasteiger partial charge is 0.313 e. The van der Waals surface area contributed by atoms with Crippen LogP contribution in [0.5, 0.6) is 0 Å². The quantitative estimate of drug-likeness (QED) is 0.630. The molecule has 2 unspecified atom stereocenters. The number of likely N-dealkylation sites (tertiary alicyclic amines) is 1. The Kier molecular flexibility index (Phi) is 3.15. The molecule has 4 nitrogen and oxygen atoms in total. The minimum atomic E-state index is -0.0886. The molecule has 0 aromatic heterocycles. The van der Waals surface area contributed by atoms with Crippen molar-refractivity contribution in [3.05, 3.63) is 0 Å². The summed E-state index contributed by atoms with van der Waals surface area (Å²) < 4.78 is 0. The van der Waals surface area contributed by atoms with E-state index in [4.69, 9.17) is 0 Å². The number of hydrogen-bond donors (Lipinski definition) is 1. The van der Waals surface area contributed by atoms with Crippen LogP contribution < -0.4 is 10.6 Å². The molecule has 1 N–H and O–H groups in total. The Morgan fingerprint density at radius 2 is 2.43 bits per heavy atom. The van der Waals surface area contributed by atoms with Crippen LogP contribution in [0.3, 0.4) is 0 Å². The number of piperazine rings is 1. The van der Waals surface area contributed by atoms with Gasteiger partial charge in [0, 0.05) is 19.6 Å². The molecule has 2 fully saturated rings. The second kappa shape index (κ2) is 4.38. The third-order valence-corrected chi connectivity index (χ3v) is 3.15. The molecule has 1 radical (unpaired) electrons. The van der Waals surface area contributed by atoms with Gasteiger partial charge in [0.2, 0.25) is 0 Å². The van der Waals surface area contributed by atoms with Gasteiger partial charge in [-0.25, -0.2) is 5.32 Å². The van der Waals surface area contributed by atoms with Crippen LogP contribution in [0.1, 0.15) is 12.8 Å². The number of rotatable bonds is 2. The number of likely N-dealkylation sites (N-methyl/N-ethyl adjacent to an activating group) is 1. The Balaban J connectivity index is 1.92. The molecule has 0 aliphatic carbocycles. The van der Waals surface area contributed by atoms with Gasteiger partial charge in [-0.05, 0) is 26.4 Å². The molecule has 2 saturated heterocycles. The van der Waals surface area contributed by atoms with Crippen LogP contribution in [-0.2, 0) is 4.79 Å². The van der Waals surface area contributed by atoms with Gasteiger partial charge in [0.25, 0.3) is 0 Å². The number of Topliss-reactive ketones (excluding diaryl/α,β-unsaturated/α-hetero) is 1. The van der Waals surface area contributed by atoms with Gasteiger partial charge in [0.1, 0.15) is 0 Å². The summed E-state index contributed by atoms with van der Waals surface area (Å²) in [5.74, 6) is 0.317. The van der Waals surface area contributed by atoms with E-state index in [2.05, 4.69) is 15.5 Å². The molecule has 0 aromatic rings. The van der Waals surface area contributed by atoms with E-state index in [1.165, 1.54) is 0 Å². The van der Waals surface area contributed by atoms with E-state index in [0.29, 0.717) is 5.78 Å². The predicted octanol–water partition coefficient (Wildman–Crippen LogP) is -0.774. The first kappa shape index (κ1) is 10.1. The normalized spacial score (nSPS) is 34.6. The van der Waals surface area contributed by atoms with E-state index >= 15 is 0 Å². The van der Waals surface area contributed by atoms with Crippen molar-refractivity contribution in [1.82, 2.24) is 15.5 Å². The van der Waals surface area contributed by atoms with Crippen molar-refractivity contribution in [2.45, 2.75) is 24.9 Å². The fourth-order valence-electron chi connectivity index (χ4n) is 2.29. The molecule has 2 aliphatic heterocycles. The van der Waals surface area contributed by atoms with Crippen LogP contribution in [0.25, 0.3) is 0 Å². The Morgan fingerprint density at radius 1 is 1.57 bits per heavy atom. The highest BCUT2D eigenvalue weighted by atomic mass is 16.1. The lowest BCUT2D eigenvalue weighted by molar-refractivity contribution is -0.125. The van der Waals surface area contributed by atoms with Crippen LogP contribution in [-0.4, -0.2) is 56.0 Å². The van der Waals surface area contributed by atoms with Crippen molar-refractivity contribution in [1.29, 1.82) is 0 Å². The van der Waals surface area contributed by atoms with Crippen molar-refractivity contribution >= 4 is 5.78 Å². The van der Waals surface area contributed by atoms with E-state index in [1.807, 2.05) is 7.05 Å². The molecule has 4 heteroatoms. The van der Waals surface area contributed by atoms with E-state index < -0.39 is 0 Å². The first-order valence-corrected chi connectivity index (χ1v) is 5.40. The van der Waals surface area contributed by atoms with Gasteiger partial charge >= 0.3 is 0 Å². The molecule has 0 aromatic carbocycles. The third kappa shape index (κ3) is 1.97. The minimum Gasteiger partial charge on any atom is -0.313 e. The summed E-state index contributed by atoms with van der Waals surface area (Å²) in [6, 6.07) is 0.0398. The van der Waals surface area contributed by atoms with Gasteiger partial charge in [-0.15, -0.1) is 0 Å². The molecule has 0 saturated carbocycles. The summed E-state index contributed by atoms with van der Waals surface area (Å²) in [6.45, 7) is 3.50. The minimum absolute atomic E-state index is 0.0886. The van der Waals surface area contributed by atoms with Gasteiger partial charge < -0.3 is 5.32 Å². The van der Waals surface area contributed by atoms with Crippen molar-refractivity contribution in [2.75, 3.05) is 33.2 Å². The van der Waals surface area contributed by atoms with Crippen LogP contribution in [0, 0.1) is 0 Å². The molecule has 2 heterocycles. The van der Waals surface area contributed by atoms with E-state index in [1.54, 1.807) is 0 Å². The molecule has 79 valence electrons. The van der Waals surface area contributed by atoms with Crippen LogP contribution in [0.15, 0.2) is 0 Å². The Morgan fingerprint density at radius 3 is 3.00 bits per heavy atom. The van der Waals surface area contributed by atoms with Gasteiger partial charge in [-0.3, -0.25) is 9.69 Å². The Hall–Kier alpha value is -0.450. The fourth-order valence-corrected chi connectivity index (χ4v) is 2.29. The number of nitrogens with zero attached hydrogens (tertiary/aromatic N) is 2. The lowest BCUT2D eigenvalue weighted by atomic mass is 10.0. The average Bonchev–Trinajstić information content (AvgIpc) is 2.65.